The lowest BCUT2D eigenvalue weighted by atomic mass is 10.1. The van der Waals surface area contributed by atoms with Gasteiger partial charge < -0.3 is 9.15 Å². The second kappa shape index (κ2) is 8.99. The molecule has 3 heterocycles. The fraction of sp³-hybridized carbons (Fsp3) is 0.125. The number of hydrogen-bond donors (Lipinski definition) is 0. The molecule has 0 N–H and O–H groups in total. The molecule has 0 saturated carbocycles. The summed E-state index contributed by atoms with van der Waals surface area (Å²) >= 11 is 1.36. The molecule has 1 aliphatic heterocycles. The standard InChI is InChI=1S/C24H19N5O4S/c1-15-3-7-17(8-4-15)13-20-23(19-11-12-22(33-19)29(30)31)27-28-21(25-26-24(28)34-20)14-32-18-9-5-16(2)6-10-18/h3-13H,14H2,1-2H3/b20-13-. The van der Waals surface area contributed by atoms with Crippen LogP contribution in [0.4, 0.5) is 5.88 Å². The molecule has 0 amide bonds. The lowest BCUT2D eigenvalue weighted by Gasteiger charge is -2.15. The summed E-state index contributed by atoms with van der Waals surface area (Å²) in [5, 5.41) is 24.9. The van der Waals surface area contributed by atoms with Gasteiger partial charge in [0.2, 0.25) is 5.16 Å². The van der Waals surface area contributed by atoms with Crippen LogP contribution in [0.1, 0.15) is 28.3 Å². The predicted molar refractivity (Wildman–Crippen MR) is 128 cm³/mol. The average Bonchev–Trinajstić information content (AvgIpc) is 3.47. The molecule has 1 aliphatic rings. The summed E-state index contributed by atoms with van der Waals surface area (Å²) in [6, 6.07) is 18.6. The van der Waals surface area contributed by atoms with Crippen molar-refractivity contribution in [3.8, 4) is 5.75 Å². The average molecular weight is 474 g/mol. The molecule has 2 aromatic carbocycles. The van der Waals surface area contributed by atoms with E-state index in [1.54, 1.807) is 10.7 Å². The van der Waals surface area contributed by atoms with Gasteiger partial charge in [0.05, 0.1) is 6.07 Å². The molecule has 5 rings (SSSR count). The quantitative estimate of drug-likeness (QED) is 0.273. The van der Waals surface area contributed by atoms with Crippen LogP contribution in [0, 0.1) is 24.0 Å². The number of benzene rings is 2. The zero-order chi connectivity index (χ0) is 23.7. The Morgan fingerprint density at radius 1 is 1.03 bits per heavy atom. The fourth-order valence-corrected chi connectivity index (χ4v) is 4.21. The van der Waals surface area contributed by atoms with Gasteiger partial charge in [-0.3, -0.25) is 10.1 Å². The lowest BCUT2D eigenvalue weighted by Crippen LogP contribution is -2.14. The topological polar surface area (TPSA) is 109 Å². The third-order valence-electron chi connectivity index (χ3n) is 5.08. The van der Waals surface area contributed by atoms with Crippen LogP contribution in [0.15, 0.2) is 80.2 Å². The molecule has 4 aromatic rings. The molecule has 170 valence electrons. The monoisotopic (exact) mass is 473 g/mol. The van der Waals surface area contributed by atoms with Crippen molar-refractivity contribution in [1.82, 2.24) is 14.9 Å². The second-order valence-corrected chi connectivity index (χ2v) is 8.69. The number of thioether (sulfide) groups is 1. The molecule has 0 spiro atoms. The number of hydrogen-bond acceptors (Lipinski definition) is 8. The third-order valence-corrected chi connectivity index (χ3v) is 6.05. The van der Waals surface area contributed by atoms with Gasteiger partial charge in [0.1, 0.15) is 23.0 Å². The summed E-state index contributed by atoms with van der Waals surface area (Å²) in [6.07, 6.45) is 1.94. The number of rotatable bonds is 6. The molecule has 0 saturated heterocycles. The molecule has 2 aromatic heterocycles. The SMILES string of the molecule is Cc1ccc(/C=C2\Sc3nnc(COc4ccc(C)cc4)n3N=C2c2ccc([N+](=O)[O-])o2)cc1. The number of nitro groups is 1. The Bertz CT molecular complexity index is 1420. The highest BCUT2D eigenvalue weighted by atomic mass is 32.2. The number of furan rings is 1. The third kappa shape index (κ3) is 4.48. The van der Waals surface area contributed by atoms with Crippen LogP contribution < -0.4 is 4.74 Å². The minimum Gasteiger partial charge on any atom is -0.486 e. The number of nitrogens with zero attached hydrogens (tertiary/aromatic N) is 5. The molecule has 0 atom stereocenters. The first-order valence-electron chi connectivity index (χ1n) is 10.4. The first kappa shape index (κ1) is 21.7. The number of fused-ring (bicyclic) bond motifs is 1. The summed E-state index contributed by atoms with van der Waals surface area (Å²) in [5.41, 5.74) is 3.69. The molecular weight excluding hydrogens is 454 g/mol. The van der Waals surface area contributed by atoms with Crippen molar-refractivity contribution >= 4 is 29.4 Å². The Morgan fingerprint density at radius 2 is 1.74 bits per heavy atom. The van der Waals surface area contributed by atoms with Crippen LogP contribution in [-0.4, -0.2) is 25.5 Å². The van der Waals surface area contributed by atoms with Gasteiger partial charge in [0.25, 0.3) is 0 Å². The van der Waals surface area contributed by atoms with Crippen LogP contribution in [0.25, 0.3) is 6.08 Å². The highest BCUT2D eigenvalue weighted by Crippen LogP contribution is 2.36. The van der Waals surface area contributed by atoms with E-state index in [0.717, 1.165) is 21.6 Å². The van der Waals surface area contributed by atoms with E-state index in [1.165, 1.54) is 17.8 Å². The molecule has 0 aliphatic carbocycles. The van der Waals surface area contributed by atoms with Crippen LogP contribution in [0.3, 0.4) is 0 Å². The predicted octanol–water partition coefficient (Wildman–Crippen LogP) is 5.37. The maximum atomic E-state index is 11.2. The van der Waals surface area contributed by atoms with Gasteiger partial charge in [-0.1, -0.05) is 47.5 Å². The summed E-state index contributed by atoms with van der Waals surface area (Å²) < 4.78 is 12.9. The van der Waals surface area contributed by atoms with E-state index in [1.807, 2.05) is 68.5 Å². The molecular formula is C24H19N5O4S. The first-order chi connectivity index (χ1) is 16.5. The van der Waals surface area contributed by atoms with Crippen molar-refractivity contribution in [2.24, 2.45) is 5.10 Å². The Balaban J connectivity index is 1.51. The zero-order valence-corrected chi connectivity index (χ0v) is 19.2. The van der Waals surface area contributed by atoms with Gasteiger partial charge in [-0.15, -0.1) is 10.2 Å². The molecule has 9 nitrogen and oxygen atoms in total. The molecule has 0 fully saturated rings. The molecule has 10 heteroatoms. The fourth-order valence-electron chi connectivity index (χ4n) is 3.26. The number of allylic oxidation sites excluding steroid dienone is 1. The van der Waals surface area contributed by atoms with E-state index < -0.39 is 4.92 Å². The summed E-state index contributed by atoms with van der Waals surface area (Å²) in [7, 11) is 0. The van der Waals surface area contributed by atoms with E-state index in [4.69, 9.17) is 14.3 Å². The Morgan fingerprint density at radius 3 is 2.41 bits per heavy atom. The minimum atomic E-state index is -0.575. The first-order valence-corrected chi connectivity index (χ1v) is 11.2. The summed E-state index contributed by atoms with van der Waals surface area (Å²) in [6.45, 7) is 4.18. The van der Waals surface area contributed by atoms with Crippen LogP contribution in [0.2, 0.25) is 0 Å². The van der Waals surface area contributed by atoms with Gasteiger partial charge in [-0.2, -0.15) is 9.78 Å². The Labute approximate surface area is 198 Å². The molecule has 0 bridgehead atoms. The summed E-state index contributed by atoms with van der Waals surface area (Å²) in [4.78, 5) is 11.3. The Hall–Kier alpha value is -4.18. The van der Waals surface area contributed by atoms with Crippen molar-refractivity contribution in [2.45, 2.75) is 25.6 Å². The van der Waals surface area contributed by atoms with Crippen molar-refractivity contribution in [3.05, 3.63) is 104 Å². The van der Waals surface area contributed by atoms with E-state index in [9.17, 15) is 10.1 Å². The molecule has 0 radical (unpaired) electrons. The van der Waals surface area contributed by atoms with E-state index in [2.05, 4.69) is 10.2 Å². The van der Waals surface area contributed by atoms with Crippen molar-refractivity contribution in [3.63, 3.8) is 0 Å². The van der Waals surface area contributed by atoms with Gasteiger partial charge in [-0.25, -0.2) is 0 Å². The maximum absolute atomic E-state index is 11.2. The van der Waals surface area contributed by atoms with E-state index in [0.29, 0.717) is 22.4 Å². The van der Waals surface area contributed by atoms with E-state index in [-0.39, 0.29) is 18.3 Å². The van der Waals surface area contributed by atoms with Crippen LogP contribution in [-0.2, 0) is 6.61 Å². The molecule has 34 heavy (non-hydrogen) atoms. The van der Waals surface area contributed by atoms with Gasteiger partial charge in [0.15, 0.2) is 11.6 Å². The largest absolute Gasteiger partial charge is 0.486 e. The van der Waals surface area contributed by atoms with Crippen molar-refractivity contribution in [1.29, 1.82) is 0 Å². The zero-order valence-electron chi connectivity index (χ0n) is 18.3. The van der Waals surface area contributed by atoms with Crippen LogP contribution in [0.5, 0.6) is 5.75 Å². The van der Waals surface area contributed by atoms with Crippen molar-refractivity contribution < 1.29 is 14.1 Å². The normalized spacial score (nSPS) is 14.1. The van der Waals surface area contributed by atoms with Crippen molar-refractivity contribution in [2.75, 3.05) is 0 Å². The number of aromatic nitrogens is 3. The minimum absolute atomic E-state index is 0.155. The highest BCUT2D eigenvalue weighted by molar-refractivity contribution is 8.04. The van der Waals surface area contributed by atoms with Gasteiger partial charge >= 0.3 is 5.88 Å². The number of aryl methyl sites for hydroxylation is 2. The maximum Gasteiger partial charge on any atom is 0.433 e. The molecule has 0 unspecified atom stereocenters. The van der Waals surface area contributed by atoms with Crippen LogP contribution >= 0.6 is 11.8 Å². The van der Waals surface area contributed by atoms with E-state index >= 15 is 0 Å². The number of ether oxygens (including phenoxy) is 1. The lowest BCUT2D eigenvalue weighted by molar-refractivity contribution is -0.402. The van der Waals surface area contributed by atoms with Gasteiger partial charge in [0, 0.05) is 4.91 Å². The second-order valence-electron chi connectivity index (χ2n) is 7.68. The Kier molecular flexibility index (Phi) is 5.72. The highest BCUT2D eigenvalue weighted by Gasteiger charge is 2.27. The summed E-state index contributed by atoms with van der Waals surface area (Å²) in [5.74, 6) is 1.13. The smallest absolute Gasteiger partial charge is 0.433 e. The van der Waals surface area contributed by atoms with Gasteiger partial charge in [-0.05, 0) is 55.4 Å².